The van der Waals surface area contributed by atoms with Crippen molar-refractivity contribution in [2.75, 3.05) is 5.32 Å². The van der Waals surface area contributed by atoms with Crippen LogP contribution in [-0.2, 0) is 6.54 Å². The summed E-state index contributed by atoms with van der Waals surface area (Å²) in [5.41, 5.74) is 5.34. The van der Waals surface area contributed by atoms with Crippen LogP contribution in [0.2, 0.25) is 0 Å². The monoisotopic (exact) mass is 294 g/mol. The number of anilines is 1. The van der Waals surface area contributed by atoms with E-state index in [1.165, 1.54) is 5.56 Å². The molecular formula is C16H14N4O2. The number of rotatable bonds is 3. The average Bonchev–Trinajstić information content (AvgIpc) is 3.06. The van der Waals surface area contributed by atoms with Crippen LogP contribution in [0.15, 0.2) is 51.9 Å². The van der Waals surface area contributed by atoms with Gasteiger partial charge in [-0.3, -0.25) is 4.98 Å². The number of nitrogens with one attached hydrogen (secondary N) is 2. The maximum atomic E-state index is 11.2. The summed E-state index contributed by atoms with van der Waals surface area (Å²) in [4.78, 5) is 18.2. The number of oxazole rings is 1. The number of aromatic nitrogens is 3. The van der Waals surface area contributed by atoms with Gasteiger partial charge in [0.05, 0.1) is 24.0 Å². The molecule has 0 atom stereocenters. The summed E-state index contributed by atoms with van der Waals surface area (Å²) >= 11 is 0. The minimum absolute atomic E-state index is 0.440. The van der Waals surface area contributed by atoms with Gasteiger partial charge in [-0.1, -0.05) is 0 Å². The van der Waals surface area contributed by atoms with E-state index in [0.717, 1.165) is 17.0 Å². The maximum absolute atomic E-state index is 11.2. The Labute approximate surface area is 125 Å². The third-order valence-electron chi connectivity index (χ3n) is 3.64. The van der Waals surface area contributed by atoms with E-state index < -0.39 is 5.76 Å². The Kier molecular flexibility index (Phi) is 2.75. The van der Waals surface area contributed by atoms with Crippen LogP contribution in [0.3, 0.4) is 0 Å². The summed E-state index contributed by atoms with van der Waals surface area (Å²) in [6.45, 7) is 2.69. The fraction of sp³-hybridized carbons (Fsp3) is 0.125. The first-order valence-electron chi connectivity index (χ1n) is 6.98. The van der Waals surface area contributed by atoms with E-state index in [1.54, 1.807) is 6.07 Å². The summed E-state index contributed by atoms with van der Waals surface area (Å²) < 4.78 is 7.04. The first-order valence-corrected chi connectivity index (χ1v) is 6.98. The summed E-state index contributed by atoms with van der Waals surface area (Å²) in [6.07, 6.45) is 3.88. The molecule has 6 nitrogen and oxygen atoms in total. The highest BCUT2D eigenvalue weighted by Crippen LogP contribution is 2.17. The number of pyridine rings is 1. The number of hydrogen-bond acceptors (Lipinski definition) is 4. The van der Waals surface area contributed by atoms with Gasteiger partial charge < -0.3 is 14.1 Å². The van der Waals surface area contributed by atoms with Gasteiger partial charge in [-0.25, -0.2) is 9.78 Å². The molecule has 110 valence electrons. The Morgan fingerprint density at radius 3 is 3.14 bits per heavy atom. The molecule has 0 bridgehead atoms. The van der Waals surface area contributed by atoms with Crippen LogP contribution in [0.4, 0.5) is 5.69 Å². The number of imidazole rings is 1. The minimum atomic E-state index is -0.440. The van der Waals surface area contributed by atoms with Crippen molar-refractivity contribution in [1.82, 2.24) is 14.4 Å². The molecule has 3 aromatic heterocycles. The lowest BCUT2D eigenvalue weighted by Crippen LogP contribution is -2.02. The molecule has 0 aliphatic rings. The number of aryl methyl sites for hydroxylation is 1. The quantitative estimate of drug-likeness (QED) is 0.609. The van der Waals surface area contributed by atoms with Gasteiger partial charge >= 0.3 is 5.76 Å². The Hall–Kier alpha value is -3.02. The van der Waals surface area contributed by atoms with Crippen molar-refractivity contribution < 1.29 is 4.42 Å². The van der Waals surface area contributed by atoms with Crippen LogP contribution < -0.4 is 11.1 Å². The fourth-order valence-electron chi connectivity index (χ4n) is 2.52. The molecule has 0 aliphatic heterocycles. The molecule has 0 aliphatic carbocycles. The highest BCUT2D eigenvalue weighted by atomic mass is 16.4. The number of H-pyrrole nitrogens is 1. The van der Waals surface area contributed by atoms with Crippen molar-refractivity contribution in [2.24, 2.45) is 0 Å². The predicted octanol–water partition coefficient (Wildman–Crippen LogP) is 2.69. The second-order valence-corrected chi connectivity index (χ2v) is 5.26. The second-order valence-electron chi connectivity index (χ2n) is 5.26. The van der Waals surface area contributed by atoms with E-state index in [9.17, 15) is 4.79 Å². The highest BCUT2D eigenvalue weighted by molar-refractivity contribution is 5.76. The van der Waals surface area contributed by atoms with Crippen LogP contribution in [0.1, 0.15) is 11.3 Å². The fourth-order valence-corrected chi connectivity index (χ4v) is 2.52. The normalized spacial score (nSPS) is 11.3. The smallest absolute Gasteiger partial charge is 0.408 e. The number of aromatic amines is 1. The van der Waals surface area contributed by atoms with E-state index >= 15 is 0 Å². The Balaban J connectivity index is 1.60. The number of nitrogens with zero attached hydrogens (tertiary/aromatic N) is 2. The SMILES string of the molecule is Cc1ccn2c(CNc3ccc4oc(=O)[nH]c4c3)cnc2c1. The van der Waals surface area contributed by atoms with E-state index in [0.29, 0.717) is 17.6 Å². The molecule has 1 aromatic carbocycles. The first-order chi connectivity index (χ1) is 10.7. The molecule has 4 aromatic rings. The summed E-state index contributed by atoms with van der Waals surface area (Å²) in [5, 5.41) is 3.33. The Bertz CT molecular complexity index is 1030. The van der Waals surface area contributed by atoms with E-state index in [-0.39, 0.29) is 0 Å². The van der Waals surface area contributed by atoms with Gasteiger partial charge in [-0.2, -0.15) is 0 Å². The molecule has 0 saturated heterocycles. The van der Waals surface area contributed by atoms with Gasteiger partial charge in [0.15, 0.2) is 5.58 Å². The Morgan fingerprint density at radius 1 is 1.32 bits per heavy atom. The lowest BCUT2D eigenvalue weighted by atomic mass is 10.3. The molecule has 6 heteroatoms. The van der Waals surface area contributed by atoms with Crippen LogP contribution in [0.5, 0.6) is 0 Å². The zero-order chi connectivity index (χ0) is 15.1. The molecule has 2 N–H and O–H groups in total. The van der Waals surface area contributed by atoms with E-state index in [2.05, 4.69) is 25.8 Å². The van der Waals surface area contributed by atoms with E-state index in [1.807, 2.05) is 37.5 Å². The topological polar surface area (TPSA) is 75.3 Å². The summed E-state index contributed by atoms with van der Waals surface area (Å²) in [5.74, 6) is -0.440. The van der Waals surface area contributed by atoms with Gasteiger partial charge in [0.25, 0.3) is 0 Å². The summed E-state index contributed by atoms with van der Waals surface area (Å²) in [7, 11) is 0. The molecule has 4 rings (SSSR count). The molecule has 3 heterocycles. The van der Waals surface area contributed by atoms with Gasteiger partial charge in [-0.05, 0) is 42.8 Å². The third kappa shape index (κ3) is 2.14. The highest BCUT2D eigenvalue weighted by Gasteiger charge is 2.05. The maximum Gasteiger partial charge on any atom is 0.417 e. The van der Waals surface area contributed by atoms with Crippen molar-refractivity contribution in [1.29, 1.82) is 0 Å². The number of benzene rings is 1. The van der Waals surface area contributed by atoms with Gasteiger partial charge in [-0.15, -0.1) is 0 Å². The van der Waals surface area contributed by atoms with Crippen molar-refractivity contribution in [2.45, 2.75) is 13.5 Å². The molecule has 0 fully saturated rings. The van der Waals surface area contributed by atoms with Gasteiger partial charge in [0, 0.05) is 11.9 Å². The zero-order valence-electron chi connectivity index (χ0n) is 12.0. The second kappa shape index (κ2) is 4.77. The zero-order valence-corrected chi connectivity index (χ0v) is 12.0. The standard InChI is InChI=1S/C16H14N4O2/c1-10-4-5-20-12(9-18-15(20)6-10)8-17-11-2-3-14-13(7-11)19-16(21)22-14/h2-7,9,17H,8H2,1H3,(H,19,21). The van der Waals surface area contributed by atoms with Crippen LogP contribution in [-0.4, -0.2) is 14.4 Å². The molecule has 0 saturated carbocycles. The molecule has 0 radical (unpaired) electrons. The molecular weight excluding hydrogens is 280 g/mol. The molecule has 0 amide bonds. The van der Waals surface area contributed by atoms with Crippen molar-refractivity contribution >= 4 is 22.4 Å². The van der Waals surface area contributed by atoms with Gasteiger partial charge in [0.1, 0.15) is 5.65 Å². The predicted molar refractivity (Wildman–Crippen MR) is 84.1 cm³/mol. The third-order valence-corrected chi connectivity index (χ3v) is 3.64. The van der Waals surface area contributed by atoms with Crippen molar-refractivity contribution in [3.63, 3.8) is 0 Å². The van der Waals surface area contributed by atoms with E-state index in [4.69, 9.17) is 4.42 Å². The van der Waals surface area contributed by atoms with Crippen molar-refractivity contribution in [3.8, 4) is 0 Å². The molecule has 0 spiro atoms. The van der Waals surface area contributed by atoms with Crippen LogP contribution in [0.25, 0.3) is 16.7 Å². The summed E-state index contributed by atoms with van der Waals surface area (Å²) in [6, 6.07) is 9.61. The van der Waals surface area contributed by atoms with Gasteiger partial charge in [0.2, 0.25) is 0 Å². The molecule has 22 heavy (non-hydrogen) atoms. The van der Waals surface area contributed by atoms with Crippen LogP contribution >= 0.6 is 0 Å². The minimum Gasteiger partial charge on any atom is -0.408 e. The number of fused-ring (bicyclic) bond motifs is 2. The van der Waals surface area contributed by atoms with Crippen molar-refractivity contribution in [3.05, 3.63) is 64.5 Å². The first kappa shape index (κ1) is 12.7. The lowest BCUT2D eigenvalue weighted by molar-refractivity contribution is 0.555. The molecule has 0 unspecified atom stereocenters. The Morgan fingerprint density at radius 2 is 2.23 bits per heavy atom. The average molecular weight is 294 g/mol. The largest absolute Gasteiger partial charge is 0.417 e. The van der Waals surface area contributed by atoms with Crippen LogP contribution in [0, 0.1) is 6.92 Å². The lowest BCUT2D eigenvalue weighted by Gasteiger charge is -2.06. The number of hydrogen-bond donors (Lipinski definition) is 2.